The summed E-state index contributed by atoms with van der Waals surface area (Å²) in [6.07, 6.45) is 3.17. The molecule has 1 aromatic carbocycles. The van der Waals surface area contributed by atoms with Gasteiger partial charge in [0.25, 0.3) is 5.91 Å². The van der Waals surface area contributed by atoms with E-state index in [0.717, 1.165) is 4.90 Å². The number of rotatable bonds is 4. The Morgan fingerprint density at radius 1 is 1.31 bits per heavy atom. The molecule has 138 valence electrons. The van der Waals surface area contributed by atoms with Gasteiger partial charge in [0.2, 0.25) is 5.91 Å². The maximum Gasteiger partial charge on any atom is 0.255 e. The molecule has 1 aliphatic rings. The predicted octanol–water partition coefficient (Wildman–Crippen LogP) is 3.85. The van der Waals surface area contributed by atoms with Gasteiger partial charge in [-0.15, -0.1) is 11.8 Å². The summed E-state index contributed by atoms with van der Waals surface area (Å²) in [6.45, 7) is 2.81. The molecule has 0 saturated carbocycles. The number of aryl methyl sites for hydroxylation is 1. The van der Waals surface area contributed by atoms with Crippen LogP contribution in [0.5, 0.6) is 0 Å². The quantitative estimate of drug-likeness (QED) is 0.798. The fourth-order valence-corrected chi connectivity index (χ4v) is 3.60. The lowest BCUT2D eigenvalue weighted by molar-refractivity contribution is -0.121. The van der Waals surface area contributed by atoms with Crippen LogP contribution in [0.25, 0.3) is 0 Å². The summed E-state index contributed by atoms with van der Waals surface area (Å²) in [5.74, 6) is 0.741. The SMILES string of the molecule is CSc1ccc(Cl)c(C(=O)N2CCC(C(=O)Nc3cc(C)on3)CC2)c1. The first kappa shape index (κ1) is 18.8. The number of hydrogen-bond donors (Lipinski definition) is 1. The molecule has 2 heterocycles. The number of benzene rings is 1. The molecule has 0 radical (unpaired) electrons. The van der Waals surface area contributed by atoms with Gasteiger partial charge in [0, 0.05) is 30.0 Å². The van der Waals surface area contributed by atoms with Gasteiger partial charge in [0.05, 0.1) is 10.6 Å². The predicted molar refractivity (Wildman–Crippen MR) is 102 cm³/mol. The van der Waals surface area contributed by atoms with Gasteiger partial charge in [-0.1, -0.05) is 16.8 Å². The molecule has 1 aliphatic heterocycles. The minimum atomic E-state index is -0.149. The van der Waals surface area contributed by atoms with Crippen molar-refractivity contribution in [2.45, 2.75) is 24.7 Å². The molecule has 1 saturated heterocycles. The maximum atomic E-state index is 12.8. The molecule has 0 unspecified atom stereocenters. The molecular weight excluding hydrogens is 374 g/mol. The minimum Gasteiger partial charge on any atom is -0.360 e. The van der Waals surface area contributed by atoms with Crippen LogP contribution in [0.15, 0.2) is 33.7 Å². The summed E-state index contributed by atoms with van der Waals surface area (Å²) in [5.41, 5.74) is 0.513. The third-order valence-corrected chi connectivity index (χ3v) is 5.49. The number of nitrogens with one attached hydrogen (secondary N) is 1. The smallest absolute Gasteiger partial charge is 0.255 e. The van der Waals surface area contributed by atoms with Gasteiger partial charge in [-0.2, -0.15) is 0 Å². The number of aromatic nitrogens is 1. The Bertz CT molecular complexity index is 816. The van der Waals surface area contributed by atoms with Crippen LogP contribution in [0.2, 0.25) is 5.02 Å². The van der Waals surface area contributed by atoms with E-state index in [1.165, 1.54) is 0 Å². The minimum absolute atomic E-state index is 0.0862. The van der Waals surface area contributed by atoms with Crippen LogP contribution in [-0.4, -0.2) is 41.2 Å². The third kappa shape index (κ3) is 4.22. The number of piperidine rings is 1. The number of amides is 2. The first-order valence-corrected chi connectivity index (χ1v) is 9.95. The molecule has 6 nitrogen and oxygen atoms in total. The molecule has 3 rings (SSSR count). The first-order chi connectivity index (χ1) is 12.5. The Kier molecular flexibility index (Phi) is 5.88. The number of nitrogens with zero attached hydrogens (tertiary/aromatic N) is 2. The van der Waals surface area contributed by atoms with E-state index >= 15 is 0 Å². The monoisotopic (exact) mass is 393 g/mol. The van der Waals surface area contributed by atoms with E-state index in [0.29, 0.717) is 48.1 Å². The fourth-order valence-electron chi connectivity index (χ4n) is 2.96. The molecule has 26 heavy (non-hydrogen) atoms. The molecule has 0 bridgehead atoms. The summed E-state index contributed by atoms with van der Waals surface area (Å²) in [7, 11) is 0. The number of carbonyl (C=O) groups excluding carboxylic acids is 2. The maximum absolute atomic E-state index is 12.8. The molecule has 1 N–H and O–H groups in total. The van der Waals surface area contributed by atoms with Crippen LogP contribution < -0.4 is 5.32 Å². The van der Waals surface area contributed by atoms with Gasteiger partial charge in [-0.3, -0.25) is 9.59 Å². The van der Waals surface area contributed by atoms with Crippen molar-refractivity contribution in [2.24, 2.45) is 5.92 Å². The van der Waals surface area contributed by atoms with Crippen LogP contribution in [0.3, 0.4) is 0 Å². The van der Waals surface area contributed by atoms with Gasteiger partial charge in [0.15, 0.2) is 5.82 Å². The molecule has 8 heteroatoms. The average Bonchev–Trinajstić information content (AvgIpc) is 3.06. The Balaban J connectivity index is 1.59. The van der Waals surface area contributed by atoms with Crippen molar-refractivity contribution in [3.8, 4) is 0 Å². The van der Waals surface area contributed by atoms with Crippen molar-refractivity contribution in [2.75, 3.05) is 24.7 Å². The Morgan fingerprint density at radius 2 is 2.04 bits per heavy atom. The average molecular weight is 394 g/mol. The second-order valence-electron chi connectivity index (χ2n) is 6.22. The van der Waals surface area contributed by atoms with E-state index in [4.69, 9.17) is 16.1 Å². The summed E-state index contributed by atoms with van der Waals surface area (Å²) in [6, 6.07) is 7.14. The van der Waals surface area contributed by atoms with Crippen LogP contribution in [0.4, 0.5) is 5.82 Å². The highest BCUT2D eigenvalue weighted by Crippen LogP contribution is 2.26. The Hall–Kier alpha value is -1.99. The molecular formula is C18H20ClN3O3S. The third-order valence-electron chi connectivity index (χ3n) is 4.44. The lowest BCUT2D eigenvalue weighted by atomic mass is 9.95. The van der Waals surface area contributed by atoms with Crippen molar-refractivity contribution in [3.05, 3.63) is 40.6 Å². The van der Waals surface area contributed by atoms with Gasteiger partial charge in [-0.05, 0) is 44.2 Å². The summed E-state index contributed by atoms with van der Waals surface area (Å²) >= 11 is 7.77. The van der Waals surface area contributed by atoms with Gasteiger partial charge in [-0.25, -0.2) is 0 Å². The van der Waals surface area contributed by atoms with E-state index in [-0.39, 0.29) is 17.7 Å². The normalized spacial score (nSPS) is 15.1. The van der Waals surface area contributed by atoms with Crippen molar-refractivity contribution < 1.29 is 14.1 Å². The van der Waals surface area contributed by atoms with Gasteiger partial charge >= 0.3 is 0 Å². The standard InChI is InChI=1S/C18H20ClN3O3S/c1-11-9-16(21-25-11)20-17(23)12-5-7-22(8-6-12)18(24)14-10-13(26-2)3-4-15(14)19/h3-4,9-10,12H,5-8H2,1-2H3,(H,20,21,23). The zero-order chi connectivity index (χ0) is 18.7. The van der Waals surface area contributed by atoms with Gasteiger partial charge < -0.3 is 14.7 Å². The Labute approximate surface area is 161 Å². The van der Waals surface area contributed by atoms with Crippen LogP contribution in [0.1, 0.15) is 29.0 Å². The molecule has 1 fully saturated rings. The number of anilines is 1. The fraction of sp³-hybridized carbons (Fsp3) is 0.389. The summed E-state index contributed by atoms with van der Waals surface area (Å²) in [5, 5.41) is 6.99. The first-order valence-electron chi connectivity index (χ1n) is 8.35. The number of carbonyl (C=O) groups is 2. The van der Waals surface area contributed by atoms with Crippen LogP contribution in [-0.2, 0) is 4.79 Å². The largest absolute Gasteiger partial charge is 0.360 e. The molecule has 0 atom stereocenters. The second-order valence-corrected chi connectivity index (χ2v) is 7.51. The van der Waals surface area contributed by atoms with Crippen molar-refractivity contribution >= 4 is 41.0 Å². The van der Waals surface area contributed by atoms with E-state index in [9.17, 15) is 9.59 Å². The van der Waals surface area contributed by atoms with E-state index in [2.05, 4.69) is 10.5 Å². The lowest BCUT2D eigenvalue weighted by Gasteiger charge is -2.31. The van der Waals surface area contributed by atoms with Crippen molar-refractivity contribution in [1.82, 2.24) is 10.1 Å². The molecule has 0 spiro atoms. The summed E-state index contributed by atoms with van der Waals surface area (Å²) in [4.78, 5) is 27.9. The zero-order valence-corrected chi connectivity index (χ0v) is 16.2. The van der Waals surface area contributed by atoms with E-state index in [1.807, 2.05) is 18.4 Å². The van der Waals surface area contributed by atoms with E-state index < -0.39 is 0 Å². The van der Waals surface area contributed by atoms with Gasteiger partial charge in [0.1, 0.15) is 5.76 Å². The highest BCUT2D eigenvalue weighted by Gasteiger charge is 2.29. The molecule has 1 aromatic heterocycles. The molecule has 0 aliphatic carbocycles. The van der Waals surface area contributed by atoms with Crippen LogP contribution in [0, 0.1) is 12.8 Å². The highest BCUT2D eigenvalue weighted by molar-refractivity contribution is 7.98. The number of likely N-dealkylation sites (tertiary alicyclic amines) is 1. The highest BCUT2D eigenvalue weighted by atomic mass is 35.5. The number of hydrogen-bond acceptors (Lipinski definition) is 5. The lowest BCUT2D eigenvalue weighted by Crippen LogP contribution is -2.41. The number of halogens is 1. The topological polar surface area (TPSA) is 75.4 Å². The second kappa shape index (κ2) is 8.14. The van der Waals surface area contributed by atoms with Crippen molar-refractivity contribution in [3.63, 3.8) is 0 Å². The summed E-state index contributed by atoms with van der Waals surface area (Å²) < 4.78 is 4.95. The van der Waals surface area contributed by atoms with E-state index in [1.54, 1.807) is 35.7 Å². The molecule has 2 amide bonds. The number of thioether (sulfide) groups is 1. The molecule has 2 aromatic rings. The Morgan fingerprint density at radius 3 is 2.65 bits per heavy atom. The van der Waals surface area contributed by atoms with Crippen molar-refractivity contribution in [1.29, 1.82) is 0 Å². The zero-order valence-electron chi connectivity index (χ0n) is 14.6. The van der Waals surface area contributed by atoms with Crippen LogP contribution >= 0.6 is 23.4 Å².